The number of benzene rings is 1. The molecule has 1 aromatic carbocycles. The molecule has 0 saturated carbocycles. The summed E-state index contributed by atoms with van der Waals surface area (Å²) >= 11 is 0. The number of aromatic nitrogens is 2. The Morgan fingerprint density at radius 3 is 2.86 bits per heavy atom. The zero-order chi connectivity index (χ0) is 15.9. The highest BCUT2D eigenvalue weighted by Crippen LogP contribution is 2.19. The van der Waals surface area contributed by atoms with E-state index in [1.165, 1.54) is 6.07 Å². The number of aryl methyl sites for hydroxylation is 1. The number of carbonyl (C=O) groups excluding carboxylic acids is 1. The van der Waals surface area contributed by atoms with Crippen molar-refractivity contribution in [3.63, 3.8) is 0 Å². The van der Waals surface area contributed by atoms with Gasteiger partial charge in [-0.05, 0) is 24.5 Å². The third-order valence-electron chi connectivity index (χ3n) is 3.19. The first-order chi connectivity index (χ1) is 10.6. The molecular weight excluding hydrogens is 285 g/mol. The summed E-state index contributed by atoms with van der Waals surface area (Å²) in [4.78, 5) is 15.8. The average molecular weight is 305 g/mol. The number of carbonyl (C=O) groups is 1. The number of hydrogen-bond acceptors (Lipinski definition) is 4. The van der Waals surface area contributed by atoms with Gasteiger partial charge in [-0.15, -0.1) is 0 Å². The summed E-state index contributed by atoms with van der Waals surface area (Å²) in [6, 6.07) is 6.23. The molecule has 0 bridgehead atoms. The topological polar surface area (TPSA) is 68.0 Å². The molecule has 0 radical (unpaired) electrons. The van der Waals surface area contributed by atoms with Gasteiger partial charge in [-0.3, -0.25) is 4.79 Å². The summed E-state index contributed by atoms with van der Waals surface area (Å²) in [5.74, 6) is 0.637. The van der Waals surface area contributed by atoms with Gasteiger partial charge in [0.25, 0.3) is 0 Å². The van der Waals surface area contributed by atoms with Gasteiger partial charge in [-0.25, -0.2) is 4.39 Å². The van der Waals surface area contributed by atoms with Gasteiger partial charge in [0.15, 0.2) is 0 Å². The SMILES string of the molecule is CC(C)CCNC(=O)CCc1nc(-c2ccccc2F)no1. The second kappa shape index (κ2) is 7.68. The monoisotopic (exact) mass is 305 g/mol. The van der Waals surface area contributed by atoms with Crippen LogP contribution in [0.15, 0.2) is 28.8 Å². The molecule has 1 N–H and O–H groups in total. The van der Waals surface area contributed by atoms with Crippen molar-refractivity contribution in [2.75, 3.05) is 6.54 Å². The normalized spacial score (nSPS) is 10.9. The van der Waals surface area contributed by atoms with Gasteiger partial charge in [0.2, 0.25) is 17.6 Å². The Morgan fingerprint density at radius 1 is 1.36 bits per heavy atom. The second-order valence-electron chi connectivity index (χ2n) is 5.52. The standard InChI is InChI=1S/C16H20FN3O2/c1-11(2)9-10-18-14(21)7-8-15-19-16(20-22-15)12-5-3-4-6-13(12)17/h3-6,11H,7-10H2,1-2H3,(H,18,21). The molecular formula is C16H20FN3O2. The molecule has 5 nitrogen and oxygen atoms in total. The fourth-order valence-electron chi connectivity index (χ4n) is 1.92. The first-order valence-corrected chi connectivity index (χ1v) is 7.40. The molecule has 0 spiro atoms. The van der Waals surface area contributed by atoms with E-state index in [0.29, 0.717) is 30.3 Å². The van der Waals surface area contributed by atoms with Gasteiger partial charge in [-0.1, -0.05) is 31.1 Å². The van der Waals surface area contributed by atoms with E-state index in [1.54, 1.807) is 18.2 Å². The Labute approximate surface area is 128 Å². The fraction of sp³-hybridized carbons (Fsp3) is 0.438. The van der Waals surface area contributed by atoms with E-state index in [9.17, 15) is 9.18 Å². The van der Waals surface area contributed by atoms with Crippen LogP contribution in [0, 0.1) is 11.7 Å². The third-order valence-corrected chi connectivity index (χ3v) is 3.19. The molecule has 1 amide bonds. The zero-order valence-corrected chi connectivity index (χ0v) is 12.8. The highest BCUT2D eigenvalue weighted by Gasteiger charge is 2.13. The Bertz CT molecular complexity index is 625. The highest BCUT2D eigenvalue weighted by atomic mass is 19.1. The van der Waals surface area contributed by atoms with Crippen LogP contribution < -0.4 is 5.32 Å². The maximum Gasteiger partial charge on any atom is 0.227 e. The Balaban J connectivity index is 1.85. The van der Waals surface area contributed by atoms with Crippen molar-refractivity contribution >= 4 is 5.91 Å². The van der Waals surface area contributed by atoms with Crippen molar-refractivity contribution in [1.82, 2.24) is 15.5 Å². The van der Waals surface area contributed by atoms with Crippen LogP contribution >= 0.6 is 0 Å². The minimum atomic E-state index is -0.402. The van der Waals surface area contributed by atoms with E-state index in [4.69, 9.17) is 4.52 Å². The van der Waals surface area contributed by atoms with Crippen LogP contribution in [-0.2, 0) is 11.2 Å². The number of nitrogens with one attached hydrogen (secondary N) is 1. The van der Waals surface area contributed by atoms with Gasteiger partial charge in [0, 0.05) is 19.4 Å². The summed E-state index contributed by atoms with van der Waals surface area (Å²) in [7, 11) is 0. The molecule has 118 valence electrons. The summed E-state index contributed by atoms with van der Waals surface area (Å²) < 4.78 is 18.7. The van der Waals surface area contributed by atoms with Crippen molar-refractivity contribution in [1.29, 1.82) is 0 Å². The highest BCUT2D eigenvalue weighted by molar-refractivity contribution is 5.75. The molecule has 0 saturated heterocycles. The number of nitrogens with zero attached hydrogens (tertiary/aromatic N) is 2. The predicted molar refractivity (Wildman–Crippen MR) is 80.5 cm³/mol. The number of rotatable bonds is 7. The summed E-state index contributed by atoms with van der Waals surface area (Å²) in [5, 5.41) is 6.60. The lowest BCUT2D eigenvalue weighted by Crippen LogP contribution is -2.25. The molecule has 2 rings (SSSR count). The molecule has 6 heteroatoms. The maximum absolute atomic E-state index is 13.6. The van der Waals surface area contributed by atoms with Gasteiger partial charge >= 0.3 is 0 Å². The first kappa shape index (κ1) is 16.1. The molecule has 0 fully saturated rings. The number of hydrogen-bond donors (Lipinski definition) is 1. The fourth-order valence-corrected chi connectivity index (χ4v) is 1.92. The van der Waals surface area contributed by atoms with Crippen LogP contribution in [0.4, 0.5) is 4.39 Å². The van der Waals surface area contributed by atoms with Crippen LogP contribution in [0.2, 0.25) is 0 Å². The van der Waals surface area contributed by atoms with Crippen LogP contribution in [0.5, 0.6) is 0 Å². The first-order valence-electron chi connectivity index (χ1n) is 7.40. The third kappa shape index (κ3) is 4.65. The van der Waals surface area contributed by atoms with E-state index in [0.717, 1.165) is 6.42 Å². The molecule has 0 unspecified atom stereocenters. The van der Waals surface area contributed by atoms with Crippen LogP contribution in [0.3, 0.4) is 0 Å². The maximum atomic E-state index is 13.6. The Hall–Kier alpha value is -2.24. The van der Waals surface area contributed by atoms with Crippen molar-refractivity contribution in [3.8, 4) is 11.4 Å². The van der Waals surface area contributed by atoms with Gasteiger partial charge in [0.1, 0.15) is 5.82 Å². The minimum absolute atomic E-state index is 0.0497. The largest absolute Gasteiger partial charge is 0.356 e. The molecule has 0 aliphatic carbocycles. The minimum Gasteiger partial charge on any atom is -0.356 e. The van der Waals surface area contributed by atoms with E-state index >= 15 is 0 Å². The van der Waals surface area contributed by atoms with Crippen molar-refractivity contribution in [3.05, 3.63) is 36.0 Å². The van der Waals surface area contributed by atoms with E-state index < -0.39 is 5.82 Å². The lowest BCUT2D eigenvalue weighted by Gasteiger charge is -2.05. The molecule has 2 aromatic rings. The molecule has 0 aliphatic heterocycles. The summed E-state index contributed by atoms with van der Waals surface area (Å²) in [6.45, 7) is 4.88. The Morgan fingerprint density at radius 2 is 2.14 bits per heavy atom. The molecule has 0 aliphatic rings. The predicted octanol–water partition coefficient (Wildman–Crippen LogP) is 2.97. The van der Waals surface area contributed by atoms with Crippen LogP contribution in [0.1, 0.15) is 32.6 Å². The van der Waals surface area contributed by atoms with Crippen LogP contribution in [0.25, 0.3) is 11.4 Å². The molecule has 22 heavy (non-hydrogen) atoms. The van der Waals surface area contributed by atoms with Crippen molar-refractivity contribution in [2.24, 2.45) is 5.92 Å². The van der Waals surface area contributed by atoms with Crippen molar-refractivity contribution < 1.29 is 13.7 Å². The number of amides is 1. The van der Waals surface area contributed by atoms with Crippen LogP contribution in [-0.4, -0.2) is 22.6 Å². The summed E-state index contributed by atoms with van der Waals surface area (Å²) in [5.41, 5.74) is 0.291. The number of halogens is 1. The Kier molecular flexibility index (Phi) is 5.63. The molecule has 0 atom stereocenters. The average Bonchev–Trinajstić information content (AvgIpc) is 2.94. The van der Waals surface area contributed by atoms with E-state index in [1.807, 2.05) is 0 Å². The van der Waals surface area contributed by atoms with Gasteiger partial charge < -0.3 is 9.84 Å². The van der Waals surface area contributed by atoms with E-state index in [-0.39, 0.29) is 18.2 Å². The van der Waals surface area contributed by atoms with Gasteiger partial charge in [-0.2, -0.15) is 4.98 Å². The zero-order valence-electron chi connectivity index (χ0n) is 12.8. The van der Waals surface area contributed by atoms with Crippen molar-refractivity contribution in [2.45, 2.75) is 33.1 Å². The smallest absolute Gasteiger partial charge is 0.227 e. The van der Waals surface area contributed by atoms with E-state index in [2.05, 4.69) is 29.3 Å². The summed E-state index contributed by atoms with van der Waals surface area (Å²) in [6.07, 6.45) is 1.57. The second-order valence-corrected chi connectivity index (χ2v) is 5.52. The van der Waals surface area contributed by atoms with Gasteiger partial charge in [0.05, 0.1) is 5.56 Å². The molecule has 1 heterocycles. The lowest BCUT2D eigenvalue weighted by molar-refractivity contribution is -0.121. The quantitative estimate of drug-likeness (QED) is 0.854. The lowest BCUT2D eigenvalue weighted by atomic mass is 10.1. The molecule has 1 aromatic heterocycles.